The molecule has 5 nitrogen and oxygen atoms in total. The first kappa shape index (κ1) is 16.4. The first-order chi connectivity index (χ1) is 12.7. The summed E-state index contributed by atoms with van der Waals surface area (Å²) in [4.78, 5) is 18.8. The number of halogens is 1. The van der Waals surface area contributed by atoms with Gasteiger partial charge in [-0.2, -0.15) is 5.10 Å². The van der Waals surface area contributed by atoms with E-state index in [0.29, 0.717) is 0 Å². The summed E-state index contributed by atoms with van der Waals surface area (Å²) >= 11 is 0. The minimum Gasteiger partial charge on any atom is -0.334 e. The number of aromatic nitrogens is 3. The maximum atomic E-state index is 13.1. The number of carbonyl (C=O) groups is 1. The highest BCUT2D eigenvalue weighted by molar-refractivity contribution is 5.80. The van der Waals surface area contributed by atoms with Crippen molar-refractivity contribution in [3.05, 3.63) is 72.1 Å². The molecule has 1 N–H and O–H groups in total. The standard InChI is InChI=1S/C20H19FN4O/c21-16-5-3-14(4-6-16)12-19(26)25-11-1-2-18(25)20-17(13-23-24-20)15-7-9-22-10-8-15/h3-10,13,18H,1-2,11-12H2,(H,23,24). The molecule has 2 aromatic heterocycles. The zero-order chi connectivity index (χ0) is 17.9. The molecule has 132 valence electrons. The summed E-state index contributed by atoms with van der Waals surface area (Å²) in [7, 11) is 0. The molecule has 1 atom stereocenters. The van der Waals surface area contributed by atoms with E-state index in [-0.39, 0.29) is 24.2 Å². The van der Waals surface area contributed by atoms with Crippen molar-refractivity contribution in [1.82, 2.24) is 20.1 Å². The van der Waals surface area contributed by atoms with Gasteiger partial charge < -0.3 is 4.90 Å². The molecule has 0 saturated carbocycles. The predicted octanol–water partition coefficient (Wildman–Crippen LogP) is 3.52. The van der Waals surface area contributed by atoms with E-state index in [1.54, 1.807) is 30.7 Å². The molecule has 1 amide bonds. The van der Waals surface area contributed by atoms with Gasteiger partial charge in [0.1, 0.15) is 5.82 Å². The van der Waals surface area contributed by atoms with Crippen LogP contribution >= 0.6 is 0 Å². The molecule has 26 heavy (non-hydrogen) atoms. The molecule has 1 unspecified atom stereocenters. The van der Waals surface area contributed by atoms with Crippen LogP contribution in [0.1, 0.15) is 30.1 Å². The zero-order valence-corrected chi connectivity index (χ0v) is 14.2. The normalized spacial score (nSPS) is 16.8. The summed E-state index contributed by atoms with van der Waals surface area (Å²) in [5, 5.41) is 7.29. The van der Waals surface area contributed by atoms with E-state index in [4.69, 9.17) is 0 Å². The number of H-pyrrole nitrogens is 1. The van der Waals surface area contributed by atoms with Crippen molar-refractivity contribution in [1.29, 1.82) is 0 Å². The fraction of sp³-hybridized carbons (Fsp3) is 0.250. The Morgan fingerprint density at radius 2 is 1.96 bits per heavy atom. The van der Waals surface area contributed by atoms with E-state index in [2.05, 4.69) is 15.2 Å². The van der Waals surface area contributed by atoms with Crippen LogP contribution in [0.2, 0.25) is 0 Å². The lowest BCUT2D eigenvalue weighted by Crippen LogP contribution is -2.32. The second kappa shape index (κ2) is 7.07. The quantitative estimate of drug-likeness (QED) is 0.783. The summed E-state index contributed by atoms with van der Waals surface area (Å²) in [6, 6.07) is 9.96. The Morgan fingerprint density at radius 3 is 2.73 bits per heavy atom. The van der Waals surface area contributed by atoms with Gasteiger partial charge in [0, 0.05) is 24.5 Å². The molecular formula is C20H19FN4O. The molecule has 1 fully saturated rings. The minimum absolute atomic E-state index is 0.0198. The summed E-state index contributed by atoms with van der Waals surface area (Å²) in [6.07, 6.45) is 7.42. The maximum Gasteiger partial charge on any atom is 0.227 e. The number of likely N-dealkylation sites (tertiary alicyclic amines) is 1. The van der Waals surface area contributed by atoms with Crippen molar-refractivity contribution in [2.75, 3.05) is 6.54 Å². The number of hydrogen-bond donors (Lipinski definition) is 1. The number of nitrogens with zero attached hydrogens (tertiary/aromatic N) is 3. The number of benzene rings is 1. The molecule has 0 bridgehead atoms. The van der Waals surface area contributed by atoms with Gasteiger partial charge in [-0.25, -0.2) is 4.39 Å². The number of nitrogens with one attached hydrogen (secondary N) is 1. The highest BCUT2D eigenvalue weighted by Crippen LogP contribution is 2.36. The average Bonchev–Trinajstić information content (AvgIpc) is 3.33. The Kier molecular flexibility index (Phi) is 4.48. The third kappa shape index (κ3) is 3.22. The average molecular weight is 350 g/mol. The molecule has 0 spiro atoms. The smallest absolute Gasteiger partial charge is 0.227 e. The van der Waals surface area contributed by atoms with Crippen LogP contribution in [0.4, 0.5) is 4.39 Å². The lowest BCUT2D eigenvalue weighted by atomic mass is 10.0. The van der Waals surface area contributed by atoms with Crippen LogP contribution in [0.25, 0.3) is 11.1 Å². The lowest BCUT2D eigenvalue weighted by molar-refractivity contribution is -0.131. The van der Waals surface area contributed by atoms with Crippen LogP contribution in [0.15, 0.2) is 55.0 Å². The monoisotopic (exact) mass is 350 g/mol. The third-order valence-corrected chi connectivity index (χ3v) is 4.84. The van der Waals surface area contributed by atoms with Crippen LogP contribution in [-0.4, -0.2) is 32.5 Å². The molecule has 6 heteroatoms. The summed E-state index contributed by atoms with van der Waals surface area (Å²) < 4.78 is 13.1. The Balaban J connectivity index is 1.57. The molecule has 1 aromatic carbocycles. The van der Waals surface area contributed by atoms with Gasteiger partial charge in [0.15, 0.2) is 0 Å². The van der Waals surface area contributed by atoms with Crippen LogP contribution in [0.5, 0.6) is 0 Å². The van der Waals surface area contributed by atoms with Crippen LogP contribution in [-0.2, 0) is 11.2 Å². The second-order valence-electron chi connectivity index (χ2n) is 6.48. The summed E-state index contributed by atoms with van der Waals surface area (Å²) in [5.74, 6) is -0.242. The van der Waals surface area contributed by atoms with E-state index >= 15 is 0 Å². The minimum atomic E-state index is -0.292. The van der Waals surface area contributed by atoms with Gasteiger partial charge >= 0.3 is 0 Å². The fourth-order valence-corrected chi connectivity index (χ4v) is 3.56. The first-order valence-corrected chi connectivity index (χ1v) is 8.70. The highest BCUT2D eigenvalue weighted by atomic mass is 19.1. The van der Waals surface area contributed by atoms with Gasteiger partial charge in [-0.1, -0.05) is 12.1 Å². The van der Waals surface area contributed by atoms with E-state index in [1.807, 2.05) is 17.0 Å². The highest BCUT2D eigenvalue weighted by Gasteiger charge is 2.32. The largest absolute Gasteiger partial charge is 0.334 e. The number of carbonyl (C=O) groups excluding carboxylic acids is 1. The Labute approximate surface area is 150 Å². The molecule has 0 radical (unpaired) electrons. The fourth-order valence-electron chi connectivity index (χ4n) is 3.56. The molecule has 1 aliphatic rings. The molecule has 1 saturated heterocycles. The van der Waals surface area contributed by atoms with Crippen molar-refractivity contribution in [2.45, 2.75) is 25.3 Å². The lowest BCUT2D eigenvalue weighted by Gasteiger charge is -2.25. The molecule has 3 heterocycles. The molecular weight excluding hydrogens is 331 g/mol. The molecule has 4 rings (SSSR count). The molecule has 3 aromatic rings. The summed E-state index contributed by atoms with van der Waals surface area (Å²) in [6.45, 7) is 0.722. The first-order valence-electron chi connectivity index (χ1n) is 8.70. The maximum absolute atomic E-state index is 13.1. The SMILES string of the molecule is O=C(Cc1ccc(F)cc1)N1CCCC1c1[nH]ncc1-c1ccncc1. The number of aromatic amines is 1. The van der Waals surface area contributed by atoms with Crippen molar-refractivity contribution in [3.63, 3.8) is 0 Å². The molecule has 1 aliphatic heterocycles. The topological polar surface area (TPSA) is 61.9 Å². The van der Waals surface area contributed by atoms with Crippen molar-refractivity contribution < 1.29 is 9.18 Å². The Bertz CT molecular complexity index is 892. The number of amides is 1. The van der Waals surface area contributed by atoms with E-state index in [1.165, 1.54) is 12.1 Å². The van der Waals surface area contributed by atoms with Crippen molar-refractivity contribution in [3.8, 4) is 11.1 Å². The predicted molar refractivity (Wildman–Crippen MR) is 95.6 cm³/mol. The number of hydrogen-bond acceptors (Lipinski definition) is 3. The van der Waals surface area contributed by atoms with Gasteiger partial charge in [0.25, 0.3) is 0 Å². The van der Waals surface area contributed by atoms with Gasteiger partial charge in [-0.05, 0) is 48.2 Å². The van der Waals surface area contributed by atoms with Crippen LogP contribution < -0.4 is 0 Å². The number of pyridine rings is 1. The Hall–Kier alpha value is -3.02. The summed E-state index contributed by atoms with van der Waals surface area (Å²) in [5.41, 5.74) is 3.81. The van der Waals surface area contributed by atoms with Gasteiger partial charge in [-0.15, -0.1) is 0 Å². The van der Waals surface area contributed by atoms with Gasteiger partial charge in [-0.3, -0.25) is 14.9 Å². The van der Waals surface area contributed by atoms with E-state index < -0.39 is 0 Å². The third-order valence-electron chi connectivity index (χ3n) is 4.84. The van der Waals surface area contributed by atoms with E-state index in [9.17, 15) is 9.18 Å². The molecule has 0 aliphatic carbocycles. The zero-order valence-electron chi connectivity index (χ0n) is 14.2. The Morgan fingerprint density at radius 1 is 1.19 bits per heavy atom. The van der Waals surface area contributed by atoms with Crippen molar-refractivity contribution in [2.24, 2.45) is 0 Å². The van der Waals surface area contributed by atoms with Crippen molar-refractivity contribution >= 4 is 5.91 Å². The number of rotatable bonds is 4. The van der Waals surface area contributed by atoms with Crippen LogP contribution in [0, 0.1) is 5.82 Å². The van der Waals surface area contributed by atoms with Gasteiger partial charge in [0.05, 0.1) is 24.4 Å². The van der Waals surface area contributed by atoms with Gasteiger partial charge in [0.2, 0.25) is 5.91 Å². The van der Waals surface area contributed by atoms with E-state index in [0.717, 1.165) is 41.8 Å². The second-order valence-corrected chi connectivity index (χ2v) is 6.48. The van der Waals surface area contributed by atoms with Crippen LogP contribution in [0.3, 0.4) is 0 Å².